The molecule has 124 valence electrons. The molecule has 3 aromatic rings. The number of amides is 1. The third-order valence-corrected chi connectivity index (χ3v) is 4.91. The normalized spacial score (nSPS) is 15.5. The van der Waals surface area contributed by atoms with Crippen LogP contribution in [0.5, 0.6) is 0 Å². The summed E-state index contributed by atoms with van der Waals surface area (Å²) in [7, 11) is 0. The van der Waals surface area contributed by atoms with Crippen LogP contribution in [0.2, 0.25) is 0 Å². The Morgan fingerprint density at radius 1 is 1.50 bits per heavy atom. The van der Waals surface area contributed by atoms with Crippen molar-refractivity contribution in [2.45, 2.75) is 32.4 Å². The summed E-state index contributed by atoms with van der Waals surface area (Å²) in [5.74, 6) is 0.821. The molecule has 4 rings (SSSR count). The number of nitrogens with one attached hydrogen (secondary N) is 1. The Bertz CT molecular complexity index is 954. The minimum absolute atomic E-state index is 0.197. The predicted octanol–water partition coefficient (Wildman–Crippen LogP) is 1.25. The van der Waals surface area contributed by atoms with Gasteiger partial charge in [-0.15, -0.1) is 11.3 Å². The van der Waals surface area contributed by atoms with Gasteiger partial charge in [-0.2, -0.15) is 10.1 Å². The average molecular weight is 344 g/mol. The molecule has 0 radical (unpaired) electrons. The molecule has 0 spiro atoms. The molecule has 0 aromatic carbocycles. The lowest BCUT2D eigenvalue weighted by Crippen LogP contribution is -2.34. The van der Waals surface area contributed by atoms with Crippen molar-refractivity contribution >= 4 is 22.2 Å². The van der Waals surface area contributed by atoms with Gasteiger partial charge in [-0.3, -0.25) is 14.0 Å². The molecule has 0 saturated heterocycles. The zero-order chi connectivity index (χ0) is 16.7. The molecule has 3 heterocycles. The summed E-state index contributed by atoms with van der Waals surface area (Å²) < 4.78 is 3.43. The summed E-state index contributed by atoms with van der Waals surface area (Å²) >= 11 is 1.32. The summed E-state index contributed by atoms with van der Waals surface area (Å²) in [5.41, 5.74) is -0.123. The molecule has 1 amide bonds. The first-order valence-corrected chi connectivity index (χ1v) is 8.71. The van der Waals surface area contributed by atoms with Gasteiger partial charge >= 0.3 is 0 Å². The Morgan fingerprint density at radius 3 is 3.08 bits per heavy atom. The number of aromatic nitrogens is 5. The van der Waals surface area contributed by atoms with Gasteiger partial charge < -0.3 is 5.32 Å². The topological polar surface area (TPSA) is 94.2 Å². The van der Waals surface area contributed by atoms with E-state index in [2.05, 4.69) is 20.4 Å². The van der Waals surface area contributed by atoms with Crippen molar-refractivity contribution in [3.8, 4) is 0 Å². The highest BCUT2D eigenvalue weighted by Crippen LogP contribution is 2.40. The summed E-state index contributed by atoms with van der Waals surface area (Å²) in [6, 6.07) is 1.07. The predicted molar refractivity (Wildman–Crippen MR) is 88.0 cm³/mol. The van der Waals surface area contributed by atoms with E-state index in [0.717, 1.165) is 18.7 Å². The summed E-state index contributed by atoms with van der Waals surface area (Å²) in [5, 5.41) is 9.02. The van der Waals surface area contributed by atoms with E-state index in [1.165, 1.54) is 23.7 Å². The molecule has 1 aliphatic rings. The second-order valence-electron chi connectivity index (χ2n) is 5.76. The maximum absolute atomic E-state index is 12.8. The van der Waals surface area contributed by atoms with Crippen LogP contribution < -0.4 is 10.9 Å². The number of hydrogen-bond donors (Lipinski definition) is 1. The molecule has 9 heteroatoms. The zero-order valence-corrected chi connectivity index (χ0v) is 13.9. The first-order chi connectivity index (χ1) is 11.7. The largest absolute Gasteiger partial charge is 0.340 e. The zero-order valence-electron chi connectivity index (χ0n) is 13.0. The molecule has 1 unspecified atom stereocenters. The molecular weight excluding hydrogens is 328 g/mol. The van der Waals surface area contributed by atoms with Crippen LogP contribution in [-0.4, -0.2) is 30.1 Å². The first kappa shape index (κ1) is 15.0. The minimum Gasteiger partial charge on any atom is -0.340 e. The number of carbonyl (C=O) groups excluding carboxylic acids is 1. The third-order valence-electron chi connectivity index (χ3n) is 4.15. The fourth-order valence-electron chi connectivity index (χ4n) is 2.82. The van der Waals surface area contributed by atoms with Crippen molar-refractivity contribution in [1.29, 1.82) is 0 Å². The van der Waals surface area contributed by atoms with Crippen molar-refractivity contribution in [1.82, 2.24) is 29.5 Å². The standard InChI is InChI=1S/C15H16N6O2S/c1-2-21-13(16-8-17-21)12(9-3-4-9)19-14(23)10-7-11(22)18-15-20(10)5-6-24-15/h5-9,12H,2-4H2,1H3,(H,19,23). The Hall–Kier alpha value is -2.55. The molecule has 3 aromatic heterocycles. The van der Waals surface area contributed by atoms with Gasteiger partial charge in [-0.05, 0) is 25.7 Å². The lowest BCUT2D eigenvalue weighted by molar-refractivity contribution is 0.0922. The van der Waals surface area contributed by atoms with Crippen LogP contribution in [0.3, 0.4) is 0 Å². The van der Waals surface area contributed by atoms with Crippen molar-refractivity contribution < 1.29 is 4.79 Å². The molecule has 1 fully saturated rings. The van der Waals surface area contributed by atoms with E-state index in [-0.39, 0.29) is 11.9 Å². The van der Waals surface area contributed by atoms with Gasteiger partial charge in [0.15, 0.2) is 4.96 Å². The van der Waals surface area contributed by atoms with Crippen molar-refractivity contribution in [3.05, 3.63) is 45.8 Å². The minimum atomic E-state index is -0.415. The van der Waals surface area contributed by atoms with Gasteiger partial charge in [-0.1, -0.05) is 0 Å². The second kappa shape index (κ2) is 5.82. The van der Waals surface area contributed by atoms with Crippen LogP contribution in [0.25, 0.3) is 4.96 Å². The second-order valence-corrected chi connectivity index (χ2v) is 6.63. The van der Waals surface area contributed by atoms with Crippen LogP contribution in [-0.2, 0) is 6.54 Å². The number of nitrogens with zero attached hydrogens (tertiary/aromatic N) is 5. The highest BCUT2D eigenvalue weighted by Gasteiger charge is 2.36. The molecule has 1 aliphatic carbocycles. The summed E-state index contributed by atoms with van der Waals surface area (Å²) in [6.07, 6.45) is 5.34. The number of rotatable bonds is 5. The Labute approximate surface area is 141 Å². The number of carbonyl (C=O) groups is 1. The number of thiazole rings is 1. The maximum Gasteiger partial charge on any atom is 0.274 e. The van der Waals surface area contributed by atoms with Gasteiger partial charge in [0.05, 0.1) is 6.04 Å². The fourth-order valence-corrected chi connectivity index (χ4v) is 3.54. The highest BCUT2D eigenvalue weighted by molar-refractivity contribution is 7.15. The summed E-state index contributed by atoms with van der Waals surface area (Å²) in [6.45, 7) is 2.68. The van der Waals surface area contributed by atoms with Crippen LogP contribution in [0.4, 0.5) is 0 Å². The van der Waals surface area contributed by atoms with E-state index in [4.69, 9.17) is 0 Å². The molecule has 8 nitrogen and oxygen atoms in total. The van der Waals surface area contributed by atoms with E-state index in [0.29, 0.717) is 23.1 Å². The van der Waals surface area contributed by atoms with Crippen molar-refractivity contribution in [3.63, 3.8) is 0 Å². The van der Waals surface area contributed by atoms with Crippen LogP contribution in [0.15, 0.2) is 28.8 Å². The van der Waals surface area contributed by atoms with E-state index >= 15 is 0 Å². The van der Waals surface area contributed by atoms with Crippen molar-refractivity contribution in [2.75, 3.05) is 0 Å². The number of hydrogen-bond acceptors (Lipinski definition) is 6. The fraction of sp³-hybridized carbons (Fsp3) is 0.400. The quantitative estimate of drug-likeness (QED) is 0.752. The Morgan fingerprint density at radius 2 is 2.33 bits per heavy atom. The van der Waals surface area contributed by atoms with Crippen LogP contribution in [0.1, 0.15) is 42.1 Å². The molecule has 0 aliphatic heterocycles. The Kier molecular flexibility index (Phi) is 3.64. The highest BCUT2D eigenvalue weighted by atomic mass is 32.1. The maximum atomic E-state index is 12.8. The van der Waals surface area contributed by atoms with Gasteiger partial charge in [0.2, 0.25) is 0 Å². The third kappa shape index (κ3) is 2.60. The van der Waals surface area contributed by atoms with E-state index in [9.17, 15) is 9.59 Å². The van der Waals surface area contributed by atoms with E-state index in [1.807, 2.05) is 6.92 Å². The first-order valence-electron chi connectivity index (χ1n) is 7.83. The number of fused-ring (bicyclic) bond motifs is 1. The molecule has 1 N–H and O–H groups in total. The SMILES string of the molecule is CCn1ncnc1C(NC(=O)c1cc(=O)nc2sccn12)C1CC1. The number of aryl methyl sites for hydroxylation is 1. The van der Waals surface area contributed by atoms with Gasteiger partial charge in [0, 0.05) is 24.2 Å². The molecule has 1 atom stereocenters. The van der Waals surface area contributed by atoms with Gasteiger partial charge in [0.25, 0.3) is 11.5 Å². The summed E-state index contributed by atoms with van der Waals surface area (Å²) in [4.78, 5) is 33.3. The van der Waals surface area contributed by atoms with Crippen LogP contribution in [0, 0.1) is 5.92 Å². The van der Waals surface area contributed by atoms with Gasteiger partial charge in [-0.25, -0.2) is 9.67 Å². The molecule has 1 saturated carbocycles. The van der Waals surface area contributed by atoms with E-state index in [1.54, 1.807) is 20.7 Å². The molecule has 24 heavy (non-hydrogen) atoms. The lowest BCUT2D eigenvalue weighted by Gasteiger charge is -2.18. The van der Waals surface area contributed by atoms with E-state index < -0.39 is 5.56 Å². The Balaban J connectivity index is 1.68. The van der Waals surface area contributed by atoms with Crippen molar-refractivity contribution in [2.24, 2.45) is 5.92 Å². The van der Waals surface area contributed by atoms with Gasteiger partial charge in [0.1, 0.15) is 17.8 Å². The molecule has 0 bridgehead atoms. The monoisotopic (exact) mass is 344 g/mol. The van der Waals surface area contributed by atoms with Crippen LogP contribution >= 0.6 is 11.3 Å². The molecular formula is C15H16N6O2S. The smallest absolute Gasteiger partial charge is 0.274 e. The average Bonchev–Trinajstić information content (AvgIpc) is 3.11. The lowest BCUT2D eigenvalue weighted by atomic mass is 10.1.